The van der Waals surface area contributed by atoms with E-state index < -0.39 is 0 Å². The summed E-state index contributed by atoms with van der Waals surface area (Å²) in [5.41, 5.74) is 3.23. The fourth-order valence-electron chi connectivity index (χ4n) is 6.73. The van der Waals surface area contributed by atoms with Gasteiger partial charge in [0, 0.05) is 19.4 Å². The molecule has 4 rings (SSSR count). The predicted octanol–water partition coefficient (Wildman–Crippen LogP) is 4.94. The maximum Gasteiger partial charge on any atom is 0.302 e. The quantitative estimate of drug-likeness (QED) is 0.386. The molecule has 0 heterocycles. The van der Waals surface area contributed by atoms with E-state index in [0.717, 1.165) is 37.0 Å². The minimum atomic E-state index is -0.145. The normalized spacial score (nSPS) is 44.1. The highest BCUT2D eigenvalue weighted by atomic mass is 16.5. The summed E-state index contributed by atoms with van der Waals surface area (Å²) in [7, 11) is 0. The molecule has 0 radical (unpaired) electrons. The molecule has 0 spiro atoms. The Morgan fingerprint density at radius 3 is 2.92 bits per heavy atom. The molecule has 0 bridgehead atoms. The minimum absolute atomic E-state index is 0.0991. The van der Waals surface area contributed by atoms with Crippen LogP contribution in [0, 0.1) is 40.4 Å². The highest BCUT2D eigenvalue weighted by Gasteiger charge is 2.54. The average molecular weight is 339 g/mol. The van der Waals surface area contributed by atoms with Gasteiger partial charge in [0.05, 0.1) is 6.07 Å². The second kappa shape index (κ2) is 6.31. The van der Waals surface area contributed by atoms with Gasteiger partial charge in [0.15, 0.2) is 0 Å². The third-order valence-corrected chi connectivity index (χ3v) is 7.82. The molecule has 3 nitrogen and oxygen atoms in total. The van der Waals surface area contributed by atoms with Crippen LogP contribution >= 0.6 is 0 Å². The van der Waals surface area contributed by atoms with E-state index in [-0.39, 0.29) is 17.5 Å². The maximum atomic E-state index is 11.3. The number of fused-ring (bicyclic) bond motifs is 5. The molecular weight excluding hydrogens is 310 g/mol. The van der Waals surface area contributed by atoms with E-state index in [1.54, 1.807) is 5.57 Å². The molecular formula is C22H29NO2. The number of hydrogen-bond acceptors (Lipinski definition) is 3. The van der Waals surface area contributed by atoms with Gasteiger partial charge in [0.25, 0.3) is 0 Å². The molecule has 134 valence electrons. The van der Waals surface area contributed by atoms with Crippen LogP contribution in [-0.4, -0.2) is 12.1 Å². The van der Waals surface area contributed by atoms with Crippen molar-refractivity contribution >= 4 is 5.97 Å². The number of hydrogen-bond donors (Lipinski definition) is 0. The van der Waals surface area contributed by atoms with Gasteiger partial charge in [-0.05, 0) is 74.0 Å². The number of ether oxygens (including phenoxy) is 1. The summed E-state index contributed by atoms with van der Waals surface area (Å²) in [5.74, 6) is 2.89. The third-order valence-electron chi connectivity index (χ3n) is 7.82. The van der Waals surface area contributed by atoms with Crippen LogP contribution in [0.3, 0.4) is 0 Å². The van der Waals surface area contributed by atoms with E-state index in [4.69, 9.17) is 10.00 Å². The molecule has 4 aliphatic carbocycles. The Hall–Kier alpha value is -1.56. The van der Waals surface area contributed by atoms with E-state index in [9.17, 15) is 4.79 Å². The topological polar surface area (TPSA) is 50.1 Å². The molecule has 6 atom stereocenters. The Bertz CT molecular complexity index is 670. The zero-order valence-electron chi connectivity index (χ0n) is 15.5. The SMILES string of the molecule is CC(=O)OC1CC[C@H]2C(=CC[C@@H]3[C@@H]2CC[C@]2(C)/C(=C/C#N)CC[C@@H]32)C1. The molecule has 4 aliphatic rings. The number of nitrogens with zero attached hydrogens (tertiary/aromatic N) is 1. The summed E-state index contributed by atoms with van der Waals surface area (Å²) in [6.45, 7) is 3.94. The number of carbonyl (C=O) groups excluding carboxylic acids is 1. The van der Waals surface area contributed by atoms with Crippen LogP contribution in [0.25, 0.3) is 0 Å². The summed E-state index contributed by atoms with van der Waals surface area (Å²) in [4.78, 5) is 11.3. The first-order chi connectivity index (χ1) is 12.0. The lowest BCUT2D eigenvalue weighted by molar-refractivity contribution is -0.147. The first-order valence-electron chi connectivity index (χ1n) is 9.98. The van der Waals surface area contributed by atoms with Crippen LogP contribution in [0.4, 0.5) is 0 Å². The molecule has 0 aromatic carbocycles. The van der Waals surface area contributed by atoms with Crippen LogP contribution in [-0.2, 0) is 9.53 Å². The van der Waals surface area contributed by atoms with E-state index in [1.807, 2.05) is 6.08 Å². The van der Waals surface area contributed by atoms with Crippen molar-refractivity contribution in [1.29, 1.82) is 5.26 Å². The van der Waals surface area contributed by atoms with Crippen LogP contribution in [0.5, 0.6) is 0 Å². The van der Waals surface area contributed by atoms with Gasteiger partial charge in [-0.15, -0.1) is 0 Å². The van der Waals surface area contributed by atoms with E-state index in [1.165, 1.54) is 44.6 Å². The number of nitriles is 1. The Kier molecular flexibility index (Phi) is 4.26. The summed E-state index contributed by atoms with van der Waals surface area (Å²) in [5, 5.41) is 9.13. The Balaban J connectivity index is 1.54. The van der Waals surface area contributed by atoms with Gasteiger partial charge in [-0.1, -0.05) is 24.1 Å². The highest BCUT2D eigenvalue weighted by Crippen LogP contribution is 2.63. The lowest BCUT2D eigenvalue weighted by atomic mass is 9.52. The predicted molar refractivity (Wildman–Crippen MR) is 96.3 cm³/mol. The fraction of sp³-hybridized carbons (Fsp3) is 0.727. The van der Waals surface area contributed by atoms with Crippen molar-refractivity contribution in [3.8, 4) is 6.07 Å². The van der Waals surface area contributed by atoms with Crippen LogP contribution < -0.4 is 0 Å². The molecule has 1 unspecified atom stereocenters. The minimum Gasteiger partial charge on any atom is -0.462 e. The maximum absolute atomic E-state index is 11.3. The van der Waals surface area contributed by atoms with Crippen molar-refractivity contribution in [2.45, 2.75) is 71.3 Å². The van der Waals surface area contributed by atoms with Gasteiger partial charge in [0.2, 0.25) is 0 Å². The fourth-order valence-corrected chi connectivity index (χ4v) is 6.73. The summed E-state index contributed by atoms with van der Waals surface area (Å²) in [6, 6.07) is 2.29. The second-order valence-electron chi connectivity index (χ2n) is 8.86. The van der Waals surface area contributed by atoms with Crippen molar-refractivity contribution in [3.05, 3.63) is 23.3 Å². The summed E-state index contributed by atoms with van der Waals surface area (Å²) >= 11 is 0. The Morgan fingerprint density at radius 2 is 2.16 bits per heavy atom. The first kappa shape index (κ1) is 16.9. The molecule has 0 saturated heterocycles. The summed E-state index contributed by atoms with van der Waals surface area (Å²) < 4.78 is 5.48. The second-order valence-corrected chi connectivity index (χ2v) is 8.86. The average Bonchev–Trinajstić information content (AvgIpc) is 2.91. The zero-order chi connectivity index (χ0) is 17.6. The van der Waals surface area contributed by atoms with Crippen LogP contribution in [0.2, 0.25) is 0 Å². The Morgan fingerprint density at radius 1 is 1.32 bits per heavy atom. The number of rotatable bonds is 1. The van der Waals surface area contributed by atoms with Gasteiger partial charge >= 0.3 is 5.97 Å². The molecule has 3 fully saturated rings. The van der Waals surface area contributed by atoms with Crippen molar-refractivity contribution < 1.29 is 9.53 Å². The molecule has 0 aromatic heterocycles. The van der Waals surface area contributed by atoms with Crippen molar-refractivity contribution in [2.24, 2.45) is 29.1 Å². The number of allylic oxidation sites excluding steroid dienone is 3. The lowest BCUT2D eigenvalue weighted by Gasteiger charge is -2.52. The van der Waals surface area contributed by atoms with Gasteiger partial charge in [-0.25, -0.2) is 0 Å². The van der Waals surface area contributed by atoms with E-state index in [0.29, 0.717) is 5.92 Å². The van der Waals surface area contributed by atoms with Gasteiger partial charge in [-0.3, -0.25) is 4.79 Å². The van der Waals surface area contributed by atoms with Crippen LogP contribution in [0.1, 0.15) is 65.2 Å². The largest absolute Gasteiger partial charge is 0.462 e. The van der Waals surface area contributed by atoms with Gasteiger partial charge in [-0.2, -0.15) is 5.26 Å². The molecule has 0 aromatic rings. The molecule has 25 heavy (non-hydrogen) atoms. The van der Waals surface area contributed by atoms with Gasteiger partial charge < -0.3 is 4.74 Å². The van der Waals surface area contributed by atoms with Crippen molar-refractivity contribution in [3.63, 3.8) is 0 Å². The van der Waals surface area contributed by atoms with E-state index in [2.05, 4.69) is 19.1 Å². The molecule has 0 aliphatic heterocycles. The summed E-state index contributed by atoms with van der Waals surface area (Å²) in [6.07, 6.45) is 13.7. The molecule has 3 saturated carbocycles. The molecule has 0 amide bonds. The first-order valence-corrected chi connectivity index (χ1v) is 9.98. The number of esters is 1. The third kappa shape index (κ3) is 2.75. The zero-order valence-corrected chi connectivity index (χ0v) is 15.5. The van der Waals surface area contributed by atoms with Crippen molar-refractivity contribution in [2.75, 3.05) is 0 Å². The highest BCUT2D eigenvalue weighted by molar-refractivity contribution is 5.66. The molecule has 0 N–H and O–H groups in total. The van der Waals surface area contributed by atoms with Gasteiger partial charge in [0.1, 0.15) is 6.10 Å². The standard InChI is InChI=1S/C22H29NO2/c1-14(24)25-17-5-7-18-15(13-17)3-6-20-19(18)9-11-22(2)16(10-12-23)4-8-21(20)22/h3,10,17-21H,4-9,11,13H2,1-2H3/b16-10+/t17?,18-,19+,20+,21-,22+/m0/s1. The lowest BCUT2D eigenvalue weighted by Crippen LogP contribution is -2.45. The van der Waals surface area contributed by atoms with E-state index >= 15 is 0 Å². The monoisotopic (exact) mass is 339 g/mol. The van der Waals surface area contributed by atoms with Crippen LogP contribution in [0.15, 0.2) is 23.3 Å². The van der Waals surface area contributed by atoms with Crippen molar-refractivity contribution in [1.82, 2.24) is 0 Å². The molecule has 3 heteroatoms. The number of carbonyl (C=O) groups is 1. The smallest absolute Gasteiger partial charge is 0.302 e. The Labute approximate surface area is 151 Å².